The van der Waals surface area contributed by atoms with E-state index in [0.717, 1.165) is 22.7 Å². The average molecular weight is 247 g/mol. The highest BCUT2D eigenvalue weighted by Gasteiger charge is 2.18. The van der Waals surface area contributed by atoms with Crippen LogP contribution in [-0.2, 0) is 6.42 Å². The van der Waals surface area contributed by atoms with Gasteiger partial charge in [0.1, 0.15) is 0 Å². The molecule has 0 saturated carbocycles. The summed E-state index contributed by atoms with van der Waals surface area (Å²) >= 11 is 1.70. The first-order valence-corrected chi connectivity index (χ1v) is 6.53. The molecule has 0 aliphatic rings. The van der Waals surface area contributed by atoms with Crippen molar-refractivity contribution in [1.29, 1.82) is 0 Å². The monoisotopic (exact) mass is 247 g/mol. The molecule has 2 heterocycles. The van der Waals surface area contributed by atoms with E-state index in [1.54, 1.807) is 23.7 Å². The van der Waals surface area contributed by atoms with E-state index in [4.69, 9.17) is 5.73 Å². The summed E-state index contributed by atoms with van der Waals surface area (Å²) in [6.07, 6.45) is 4.51. The molecular formula is C13H17N3S. The minimum Gasteiger partial charge on any atom is -0.330 e. The molecule has 0 bridgehead atoms. The Labute approximate surface area is 106 Å². The molecule has 90 valence electrons. The molecule has 0 saturated heterocycles. The number of hydrogen-bond acceptors (Lipinski definition) is 4. The van der Waals surface area contributed by atoms with Crippen molar-refractivity contribution in [3.05, 3.63) is 34.9 Å². The molecule has 0 aliphatic heterocycles. The fourth-order valence-corrected chi connectivity index (χ4v) is 2.59. The molecule has 0 fully saturated rings. The zero-order valence-electron chi connectivity index (χ0n) is 10.2. The normalized spacial score (nSPS) is 11.7. The summed E-state index contributed by atoms with van der Waals surface area (Å²) < 4.78 is 0. The molecule has 4 heteroatoms. The lowest BCUT2D eigenvalue weighted by molar-refractivity contribution is 0.376. The third-order valence-electron chi connectivity index (χ3n) is 2.71. The van der Waals surface area contributed by atoms with Crippen molar-refractivity contribution in [3.8, 4) is 11.3 Å². The van der Waals surface area contributed by atoms with Gasteiger partial charge in [-0.3, -0.25) is 4.98 Å². The molecule has 0 spiro atoms. The van der Waals surface area contributed by atoms with Gasteiger partial charge >= 0.3 is 0 Å². The third-order valence-corrected chi connectivity index (χ3v) is 3.56. The van der Waals surface area contributed by atoms with Crippen molar-refractivity contribution in [1.82, 2.24) is 9.97 Å². The Morgan fingerprint density at radius 2 is 2.00 bits per heavy atom. The van der Waals surface area contributed by atoms with Crippen molar-refractivity contribution < 1.29 is 0 Å². The number of aromatic nitrogens is 2. The molecule has 2 rings (SSSR count). The van der Waals surface area contributed by atoms with Crippen molar-refractivity contribution in [2.24, 2.45) is 11.1 Å². The number of rotatable bonds is 4. The quantitative estimate of drug-likeness (QED) is 0.903. The van der Waals surface area contributed by atoms with Crippen LogP contribution in [0.5, 0.6) is 0 Å². The van der Waals surface area contributed by atoms with Gasteiger partial charge in [-0.2, -0.15) is 0 Å². The van der Waals surface area contributed by atoms with E-state index in [1.807, 2.05) is 12.1 Å². The summed E-state index contributed by atoms with van der Waals surface area (Å²) in [6, 6.07) is 3.96. The van der Waals surface area contributed by atoms with Crippen molar-refractivity contribution >= 4 is 11.3 Å². The van der Waals surface area contributed by atoms with Crippen LogP contribution in [-0.4, -0.2) is 16.5 Å². The van der Waals surface area contributed by atoms with Crippen LogP contribution in [0.4, 0.5) is 0 Å². The zero-order valence-corrected chi connectivity index (χ0v) is 11.0. The molecule has 0 aliphatic carbocycles. The molecule has 3 nitrogen and oxygen atoms in total. The van der Waals surface area contributed by atoms with E-state index in [-0.39, 0.29) is 5.41 Å². The topological polar surface area (TPSA) is 51.8 Å². The van der Waals surface area contributed by atoms with Crippen LogP contribution in [0.3, 0.4) is 0 Å². The second-order valence-electron chi connectivity index (χ2n) is 4.91. The SMILES string of the molecule is CC(C)(CN)Cc1nc(-c2ccncc2)cs1. The third kappa shape index (κ3) is 3.11. The highest BCUT2D eigenvalue weighted by molar-refractivity contribution is 7.09. The summed E-state index contributed by atoms with van der Waals surface area (Å²) in [5, 5.41) is 3.24. The average Bonchev–Trinajstić information content (AvgIpc) is 2.78. The van der Waals surface area contributed by atoms with Crippen molar-refractivity contribution in [2.75, 3.05) is 6.54 Å². The lowest BCUT2D eigenvalue weighted by atomic mass is 9.90. The number of nitrogens with zero attached hydrogens (tertiary/aromatic N) is 2. The maximum absolute atomic E-state index is 5.74. The zero-order chi connectivity index (χ0) is 12.3. The van der Waals surface area contributed by atoms with Crippen LogP contribution in [0.1, 0.15) is 18.9 Å². The molecule has 0 amide bonds. The van der Waals surface area contributed by atoms with Crippen LogP contribution in [0.15, 0.2) is 29.9 Å². The maximum atomic E-state index is 5.74. The second kappa shape index (κ2) is 4.94. The smallest absolute Gasteiger partial charge is 0.0938 e. The summed E-state index contributed by atoms with van der Waals surface area (Å²) in [5.41, 5.74) is 8.01. The number of nitrogens with two attached hydrogens (primary N) is 1. The van der Waals surface area contributed by atoms with Crippen LogP contribution < -0.4 is 5.73 Å². The highest BCUT2D eigenvalue weighted by atomic mass is 32.1. The summed E-state index contributed by atoms with van der Waals surface area (Å²) in [5.74, 6) is 0. The lowest BCUT2D eigenvalue weighted by Gasteiger charge is -2.20. The van der Waals surface area contributed by atoms with Crippen molar-refractivity contribution in [3.63, 3.8) is 0 Å². The van der Waals surface area contributed by atoms with E-state index in [1.165, 1.54) is 0 Å². The molecule has 0 aromatic carbocycles. The summed E-state index contributed by atoms with van der Waals surface area (Å²) in [6.45, 7) is 5.01. The molecule has 17 heavy (non-hydrogen) atoms. The predicted octanol–water partition coefficient (Wildman–Crippen LogP) is 2.73. The van der Waals surface area contributed by atoms with Gasteiger partial charge in [-0.15, -0.1) is 11.3 Å². The molecule has 2 aromatic rings. The first-order valence-electron chi connectivity index (χ1n) is 5.66. The van der Waals surface area contributed by atoms with Gasteiger partial charge in [-0.25, -0.2) is 4.98 Å². The summed E-state index contributed by atoms with van der Waals surface area (Å²) in [7, 11) is 0. The van der Waals surface area contributed by atoms with Gasteiger partial charge in [0.25, 0.3) is 0 Å². The minimum atomic E-state index is 0.118. The van der Waals surface area contributed by atoms with E-state index in [0.29, 0.717) is 6.54 Å². The number of thiazole rings is 1. The van der Waals surface area contributed by atoms with E-state index < -0.39 is 0 Å². The Morgan fingerprint density at radius 3 is 2.65 bits per heavy atom. The van der Waals surface area contributed by atoms with Gasteiger partial charge in [-0.05, 0) is 24.1 Å². The molecule has 2 aromatic heterocycles. The molecular weight excluding hydrogens is 230 g/mol. The largest absolute Gasteiger partial charge is 0.330 e. The minimum absolute atomic E-state index is 0.118. The Kier molecular flexibility index (Phi) is 3.54. The summed E-state index contributed by atoms with van der Waals surface area (Å²) in [4.78, 5) is 8.66. The molecule has 0 radical (unpaired) electrons. The Balaban J connectivity index is 2.17. The number of hydrogen-bond donors (Lipinski definition) is 1. The first-order chi connectivity index (χ1) is 8.11. The standard InChI is InChI=1S/C13H17N3S/c1-13(2,9-14)7-12-16-11(8-17-12)10-3-5-15-6-4-10/h3-6,8H,7,9,14H2,1-2H3. The fraction of sp³-hybridized carbons (Fsp3) is 0.385. The van der Waals surface area contributed by atoms with Crippen LogP contribution in [0.25, 0.3) is 11.3 Å². The first kappa shape index (κ1) is 12.2. The molecule has 2 N–H and O–H groups in total. The second-order valence-corrected chi connectivity index (χ2v) is 5.85. The van der Waals surface area contributed by atoms with Gasteiger partial charge < -0.3 is 5.73 Å². The Bertz CT molecular complexity index is 476. The van der Waals surface area contributed by atoms with E-state index >= 15 is 0 Å². The van der Waals surface area contributed by atoms with Gasteiger partial charge in [0.05, 0.1) is 10.7 Å². The highest BCUT2D eigenvalue weighted by Crippen LogP contribution is 2.26. The van der Waals surface area contributed by atoms with Crippen molar-refractivity contribution in [2.45, 2.75) is 20.3 Å². The Morgan fingerprint density at radius 1 is 1.29 bits per heavy atom. The molecule has 0 unspecified atom stereocenters. The lowest BCUT2D eigenvalue weighted by Crippen LogP contribution is -2.25. The van der Waals surface area contributed by atoms with Gasteiger partial charge in [-0.1, -0.05) is 13.8 Å². The van der Waals surface area contributed by atoms with E-state index in [2.05, 4.69) is 29.2 Å². The van der Waals surface area contributed by atoms with E-state index in [9.17, 15) is 0 Å². The van der Waals surface area contributed by atoms with Crippen LogP contribution in [0.2, 0.25) is 0 Å². The van der Waals surface area contributed by atoms with Gasteiger partial charge in [0, 0.05) is 29.8 Å². The van der Waals surface area contributed by atoms with Gasteiger partial charge in [0.2, 0.25) is 0 Å². The maximum Gasteiger partial charge on any atom is 0.0938 e. The van der Waals surface area contributed by atoms with Gasteiger partial charge in [0.15, 0.2) is 0 Å². The predicted molar refractivity (Wildman–Crippen MR) is 71.9 cm³/mol. The Hall–Kier alpha value is -1.26. The van der Waals surface area contributed by atoms with Crippen LogP contribution >= 0.6 is 11.3 Å². The van der Waals surface area contributed by atoms with Crippen LogP contribution in [0, 0.1) is 5.41 Å². The fourth-order valence-electron chi connectivity index (χ4n) is 1.53. The number of pyridine rings is 1. The molecule has 0 atom stereocenters.